The van der Waals surface area contributed by atoms with E-state index >= 15 is 0 Å². The van der Waals surface area contributed by atoms with E-state index in [-0.39, 0.29) is 5.41 Å². The van der Waals surface area contributed by atoms with Crippen LogP contribution in [-0.2, 0) is 9.68 Å². The zero-order chi connectivity index (χ0) is 20.8. The van der Waals surface area contributed by atoms with Crippen molar-refractivity contribution in [3.8, 4) is 5.75 Å². The lowest BCUT2D eigenvalue weighted by Crippen LogP contribution is -2.43. The maximum absolute atomic E-state index is 6.27. The van der Waals surface area contributed by atoms with Crippen molar-refractivity contribution in [3.05, 3.63) is 29.3 Å². The van der Waals surface area contributed by atoms with Crippen LogP contribution in [0.1, 0.15) is 56.1 Å². The predicted octanol–water partition coefficient (Wildman–Crippen LogP) is 5.57. The third-order valence-corrected chi connectivity index (χ3v) is 8.02. The predicted molar refractivity (Wildman–Crippen MR) is 119 cm³/mol. The first-order valence-corrected chi connectivity index (χ1v) is 14.2. The van der Waals surface area contributed by atoms with Gasteiger partial charge in [-0.3, -0.25) is 0 Å². The molecule has 0 aromatic heterocycles. The van der Waals surface area contributed by atoms with Crippen LogP contribution in [-0.4, -0.2) is 34.0 Å². The lowest BCUT2D eigenvalue weighted by Gasteiger charge is -2.49. The lowest BCUT2D eigenvalue weighted by atomic mass is 9.55. The van der Waals surface area contributed by atoms with E-state index in [1.807, 2.05) is 0 Å². The van der Waals surface area contributed by atoms with Gasteiger partial charge in [0.2, 0.25) is 8.32 Å². The number of hydrogen-bond acceptors (Lipinski definition) is 5. The number of fused-ring (bicyclic) bond motifs is 5. The Balaban J connectivity index is 1.72. The van der Waals surface area contributed by atoms with E-state index in [4.69, 9.17) is 14.1 Å². The molecule has 0 N–H and O–H groups in total. The van der Waals surface area contributed by atoms with E-state index in [0.29, 0.717) is 17.8 Å². The van der Waals surface area contributed by atoms with Crippen molar-refractivity contribution >= 4 is 19.7 Å². The highest BCUT2D eigenvalue weighted by atomic mass is 28.4. The molecule has 1 aromatic rings. The van der Waals surface area contributed by atoms with E-state index in [0.717, 1.165) is 24.3 Å². The molecule has 4 unspecified atom stereocenters. The Morgan fingerprint density at radius 2 is 1.83 bits per heavy atom. The fraction of sp³-hybridized carbons (Fsp3) is 0.652. The van der Waals surface area contributed by atoms with Gasteiger partial charge in [0.15, 0.2) is 0 Å². The van der Waals surface area contributed by atoms with Gasteiger partial charge < -0.3 is 14.1 Å². The van der Waals surface area contributed by atoms with Crippen LogP contribution in [0.15, 0.2) is 28.5 Å². The van der Waals surface area contributed by atoms with Crippen LogP contribution in [0.2, 0.25) is 19.6 Å². The molecule has 1 aromatic carbocycles. The molecule has 0 saturated heterocycles. The Labute approximate surface area is 175 Å². The second kappa shape index (κ2) is 7.46. The molecule has 3 aliphatic carbocycles. The molecule has 6 heteroatoms. The summed E-state index contributed by atoms with van der Waals surface area (Å²) >= 11 is 0. The molecular formula is C23H34N2O3Si. The molecule has 2 fully saturated rings. The molecule has 158 valence electrons. The minimum Gasteiger partial charge on any atom is -0.544 e. The van der Waals surface area contributed by atoms with Crippen LogP contribution >= 0.6 is 0 Å². The second-order valence-electron chi connectivity index (χ2n) is 9.98. The number of oxime groups is 2. The molecule has 5 nitrogen and oxygen atoms in total. The fourth-order valence-electron chi connectivity index (χ4n) is 6.06. The van der Waals surface area contributed by atoms with Crippen molar-refractivity contribution in [1.29, 1.82) is 0 Å². The summed E-state index contributed by atoms with van der Waals surface area (Å²) in [5, 5.41) is 8.88. The number of rotatable bonds is 4. The van der Waals surface area contributed by atoms with Gasteiger partial charge in [-0.1, -0.05) is 23.3 Å². The van der Waals surface area contributed by atoms with Crippen LogP contribution in [0.3, 0.4) is 0 Å². The summed E-state index contributed by atoms with van der Waals surface area (Å²) in [6.45, 7) is 9.04. The molecule has 29 heavy (non-hydrogen) atoms. The van der Waals surface area contributed by atoms with Crippen molar-refractivity contribution in [3.63, 3.8) is 0 Å². The molecule has 0 aliphatic heterocycles. The Morgan fingerprint density at radius 3 is 2.52 bits per heavy atom. The normalized spacial score (nSPS) is 33.8. The number of hydrogen-bond donors (Lipinski definition) is 0. The van der Waals surface area contributed by atoms with Gasteiger partial charge >= 0.3 is 0 Å². The number of benzene rings is 1. The Morgan fingerprint density at radius 1 is 1.07 bits per heavy atom. The molecule has 0 amide bonds. The summed E-state index contributed by atoms with van der Waals surface area (Å²) in [5.41, 5.74) is 5.09. The van der Waals surface area contributed by atoms with E-state index < -0.39 is 8.32 Å². The van der Waals surface area contributed by atoms with Crippen LogP contribution in [0, 0.1) is 17.3 Å². The van der Waals surface area contributed by atoms with E-state index in [2.05, 4.69) is 55.1 Å². The van der Waals surface area contributed by atoms with Crippen molar-refractivity contribution in [2.45, 2.75) is 64.6 Å². The van der Waals surface area contributed by atoms with Crippen LogP contribution in [0.25, 0.3) is 0 Å². The standard InChI is InChI=1S/C23H34N2O3Si/c1-23-12-11-17-16-8-7-15(28-29(4,5)6)13-19(16)21(24-26-2)14-18(17)20(23)9-10-22(23)25-27-3/h7-8,13,17-18,20H,9-12,14H2,1-6H3. The minimum atomic E-state index is -1.66. The summed E-state index contributed by atoms with van der Waals surface area (Å²) in [5.74, 6) is 2.72. The van der Waals surface area contributed by atoms with E-state index in [1.54, 1.807) is 14.2 Å². The highest BCUT2D eigenvalue weighted by molar-refractivity contribution is 6.70. The van der Waals surface area contributed by atoms with Gasteiger partial charge in [0, 0.05) is 11.0 Å². The van der Waals surface area contributed by atoms with Gasteiger partial charge in [-0.05, 0) is 87.2 Å². The molecule has 0 bridgehead atoms. The third kappa shape index (κ3) is 3.60. The van der Waals surface area contributed by atoms with Gasteiger partial charge in [-0.25, -0.2) is 0 Å². The third-order valence-electron chi connectivity index (χ3n) is 7.17. The van der Waals surface area contributed by atoms with Gasteiger partial charge in [-0.2, -0.15) is 0 Å². The molecule has 4 atom stereocenters. The second-order valence-corrected chi connectivity index (χ2v) is 14.4. The van der Waals surface area contributed by atoms with Gasteiger partial charge in [-0.15, -0.1) is 0 Å². The van der Waals surface area contributed by atoms with E-state index in [9.17, 15) is 0 Å². The van der Waals surface area contributed by atoms with Crippen molar-refractivity contribution in [2.24, 2.45) is 27.6 Å². The Bertz CT molecular complexity index is 845. The largest absolute Gasteiger partial charge is 0.544 e. The molecule has 0 spiro atoms. The quantitative estimate of drug-likeness (QED) is 0.478. The monoisotopic (exact) mass is 414 g/mol. The zero-order valence-corrected chi connectivity index (χ0v) is 19.6. The Kier molecular flexibility index (Phi) is 5.26. The van der Waals surface area contributed by atoms with Crippen LogP contribution in [0.4, 0.5) is 0 Å². The number of nitrogens with zero attached hydrogens (tertiary/aromatic N) is 2. The average molecular weight is 415 g/mol. The maximum atomic E-state index is 6.27. The minimum absolute atomic E-state index is 0.147. The van der Waals surface area contributed by atoms with Gasteiger partial charge in [0.1, 0.15) is 20.0 Å². The molecule has 0 heterocycles. The summed E-state index contributed by atoms with van der Waals surface area (Å²) in [6.07, 6.45) is 5.55. The lowest BCUT2D eigenvalue weighted by molar-refractivity contribution is 0.105. The first kappa shape index (κ1) is 20.4. The highest BCUT2D eigenvalue weighted by Gasteiger charge is 2.54. The van der Waals surface area contributed by atoms with Gasteiger partial charge in [0.25, 0.3) is 0 Å². The first-order valence-electron chi connectivity index (χ1n) is 10.8. The van der Waals surface area contributed by atoms with Gasteiger partial charge in [0.05, 0.1) is 11.4 Å². The molecular weight excluding hydrogens is 380 g/mol. The average Bonchev–Trinajstić information content (AvgIpc) is 2.98. The SMILES string of the molecule is CON=C1CC2C(CCC3(C)C(=NOC)CCC23)c2ccc(O[Si](C)(C)C)cc21. The fourth-order valence-corrected chi connectivity index (χ4v) is 6.90. The first-order chi connectivity index (χ1) is 13.8. The molecule has 4 rings (SSSR count). The van der Waals surface area contributed by atoms with Crippen LogP contribution < -0.4 is 4.43 Å². The smallest absolute Gasteiger partial charge is 0.242 e. The highest BCUT2D eigenvalue weighted by Crippen LogP contribution is 2.60. The summed E-state index contributed by atoms with van der Waals surface area (Å²) < 4.78 is 6.27. The van der Waals surface area contributed by atoms with Crippen molar-refractivity contribution in [1.82, 2.24) is 0 Å². The summed E-state index contributed by atoms with van der Waals surface area (Å²) in [4.78, 5) is 10.4. The summed E-state index contributed by atoms with van der Waals surface area (Å²) in [7, 11) is 1.65. The Hall–Kier alpha value is -1.82. The molecule has 2 saturated carbocycles. The van der Waals surface area contributed by atoms with Crippen molar-refractivity contribution < 1.29 is 14.1 Å². The van der Waals surface area contributed by atoms with Crippen LogP contribution in [0.5, 0.6) is 5.75 Å². The van der Waals surface area contributed by atoms with Crippen molar-refractivity contribution in [2.75, 3.05) is 14.2 Å². The molecule has 3 aliphatic rings. The topological polar surface area (TPSA) is 52.4 Å². The van der Waals surface area contributed by atoms with E-state index in [1.165, 1.54) is 36.1 Å². The summed E-state index contributed by atoms with van der Waals surface area (Å²) in [6, 6.07) is 6.64. The molecule has 0 radical (unpaired) electrons. The maximum Gasteiger partial charge on any atom is 0.242 e. The zero-order valence-electron chi connectivity index (χ0n) is 18.6.